The summed E-state index contributed by atoms with van der Waals surface area (Å²) in [5, 5.41) is 0.491. The van der Waals surface area contributed by atoms with E-state index in [4.69, 9.17) is 11.6 Å². The van der Waals surface area contributed by atoms with Gasteiger partial charge in [-0.2, -0.15) is 0 Å². The molecule has 2 heterocycles. The fourth-order valence-electron chi connectivity index (χ4n) is 1.41. The lowest BCUT2D eigenvalue weighted by atomic mass is 10.1. The first-order valence-electron chi connectivity index (χ1n) is 4.92. The molecule has 0 N–H and O–H groups in total. The molecular formula is C12H12ClN3. The second-order valence-electron chi connectivity index (χ2n) is 3.67. The Bertz CT molecular complexity index is 483. The standard InChI is InChI=1S/C12H12ClN3/c1-16(2)12-7-10(6-11(13)15-12)9-4-3-5-14-8-9/h3-8H,1-2H3. The van der Waals surface area contributed by atoms with E-state index in [1.165, 1.54) is 0 Å². The van der Waals surface area contributed by atoms with Gasteiger partial charge in [-0.15, -0.1) is 0 Å². The Morgan fingerprint density at radius 1 is 1.19 bits per heavy atom. The zero-order chi connectivity index (χ0) is 11.5. The molecule has 16 heavy (non-hydrogen) atoms. The lowest BCUT2D eigenvalue weighted by molar-refractivity contribution is 1.07. The van der Waals surface area contributed by atoms with Crippen molar-refractivity contribution in [2.45, 2.75) is 0 Å². The van der Waals surface area contributed by atoms with Crippen LogP contribution < -0.4 is 4.90 Å². The summed E-state index contributed by atoms with van der Waals surface area (Å²) in [4.78, 5) is 10.2. The average Bonchev–Trinajstić information content (AvgIpc) is 2.29. The Labute approximate surface area is 99.7 Å². The first-order valence-corrected chi connectivity index (χ1v) is 5.30. The second kappa shape index (κ2) is 4.49. The van der Waals surface area contributed by atoms with Crippen LogP contribution >= 0.6 is 11.6 Å². The third-order valence-corrected chi connectivity index (χ3v) is 2.43. The zero-order valence-electron chi connectivity index (χ0n) is 9.18. The molecule has 0 bridgehead atoms. The topological polar surface area (TPSA) is 29.0 Å². The van der Waals surface area contributed by atoms with Crippen LogP contribution in [0.15, 0.2) is 36.7 Å². The van der Waals surface area contributed by atoms with E-state index in [0.717, 1.165) is 16.9 Å². The highest BCUT2D eigenvalue weighted by atomic mass is 35.5. The summed E-state index contributed by atoms with van der Waals surface area (Å²) in [5.41, 5.74) is 2.06. The highest BCUT2D eigenvalue weighted by molar-refractivity contribution is 6.29. The molecule has 0 saturated heterocycles. The van der Waals surface area contributed by atoms with Gasteiger partial charge in [0.25, 0.3) is 0 Å². The van der Waals surface area contributed by atoms with Gasteiger partial charge >= 0.3 is 0 Å². The molecule has 0 aromatic carbocycles. The minimum absolute atomic E-state index is 0.491. The van der Waals surface area contributed by atoms with E-state index >= 15 is 0 Å². The molecule has 4 heteroatoms. The van der Waals surface area contributed by atoms with Crippen LogP contribution in [0.2, 0.25) is 5.15 Å². The monoisotopic (exact) mass is 233 g/mol. The molecule has 0 saturated carbocycles. The van der Waals surface area contributed by atoms with Crippen LogP contribution in [0.1, 0.15) is 0 Å². The molecule has 2 aromatic heterocycles. The number of aromatic nitrogens is 2. The van der Waals surface area contributed by atoms with Crippen molar-refractivity contribution >= 4 is 17.4 Å². The van der Waals surface area contributed by atoms with Crippen molar-refractivity contribution < 1.29 is 0 Å². The van der Waals surface area contributed by atoms with Gasteiger partial charge in [-0.25, -0.2) is 4.98 Å². The number of pyridine rings is 2. The normalized spacial score (nSPS) is 10.2. The average molecular weight is 234 g/mol. The molecule has 82 valence electrons. The lowest BCUT2D eigenvalue weighted by Crippen LogP contribution is -2.10. The molecular weight excluding hydrogens is 222 g/mol. The molecule has 0 aliphatic carbocycles. The number of rotatable bonds is 2. The van der Waals surface area contributed by atoms with Crippen LogP contribution in [0, 0.1) is 0 Å². The van der Waals surface area contributed by atoms with Crippen molar-refractivity contribution in [2.75, 3.05) is 19.0 Å². The third-order valence-electron chi connectivity index (χ3n) is 2.23. The summed E-state index contributed by atoms with van der Waals surface area (Å²) in [6.45, 7) is 0. The number of nitrogens with zero attached hydrogens (tertiary/aromatic N) is 3. The summed E-state index contributed by atoms with van der Waals surface area (Å²) in [5.74, 6) is 0.839. The number of hydrogen-bond acceptors (Lipinski definition) is 3. The minimum Gasteiger partial charge on any atom is -0.363 e. The Morgan fingerprint density at radius 2 is 2.00 bits per heavy atom. The van der Waals surface area contributed by atoms with Gasteiger partial charge in [0.15, 0.2) is 0 Å². The van der Waals surface area contributed by atoms with Crippen molar-refractivity contribution in [2.24, 2.45) is 0 Å². The molecule has 3 nitrogen and oxygen atoms in total. The number of halogens is 1. The van der Waals surface area contributed by atoms with Crippen molar-refractivity contribution in [3.63, 3.8) is 0 Å². The van der Waals surface area contributed by atoms with Gasteiger partial charge in [0.2, 0.25) is 0 Å². The van der Waals surface area contributed by atoms with Crippen LogP contribution in [-0.4, -0.2) is 24.1 Å². The van der Waals surface area contributed by atoms with E-state index in [1.54, 1.807) is 6.20 Å². The molecule has 0 aliphatic heterocycles. The predicted molar refractivity (Wildman–Crippen MR) is 66.8 cm³/mol. The SMILES string of the molecule is CN(C)c1cc(-c2cccnc2)cc(Cl)n1. The van der Waals surface area contributed by atoms with E-state index < -0.39 is 0 Å². The lowest BCUT2D eigenvalue weighted by Gasteiger charge is -2.13. The van der Waals surface area contributed by atoms with E-state index in [1.807, 2.05) is 49.5 Å². The quantitative estimate of drug-likeness (QED) is 0.747. The molecule has 0 radical (unpaired) electrons. The molecule has 0 spiro atoms. The fourth-order valence-corrected chi connectivity index (χ4v) is 1.62. The van der Waals surface area contributed by atoms with Gasteiger partial charge in [-0.1, -0.05) is 17.7 Å². The number of anilines is 1. The van der Waals surface area contributed by atoms with Crippen LogP contribution in [0.3, 0.4) is 0 Å². The van der Waals surface area contributed by atoms with Crippen molar-refractivity contribution in [3.8, 4) is 11.1 Å². The van der Waals surface area contributed by atoms with Gasteiger partial charge in [-0.3, -0.25) is 4.98 Å². The minimum atomic E-state index is 0.491. The maximum Gasteiger partial charge on any atom is 0.132 e. The highest BCUT2D eigenvalue weighted by Crippen LogP contribution is 2.24. The molecule has 2 rings (SSSR count). The largest absolute Gasteiger partial charge is 0.363 e. The van der Waals surface area contributed by atoms with E-state index in [2.05, 4.69) is 9.97 Å². The first-order chi connectivity index (χ1) is 7.66. The summed E-state index contributed by atoms with van der Waals surface area (Å²) in [6.07, 6.45) is 3.56. The van der Waals surface area contributed by atoms with Crippen LogP contribution in [0.25, 0.3) is 11.1 Å². The maximum atomic E-state index is 5.99. The van der Waals surface area contributed by atoms with E-state index in [9.17, 15) is 0 Å². The Balaban J connectivity index is 2.50. The van der Waals surface area contributed by atoms with Crippen molar-refractivity contribution in [1.29, 1.82) is 0 Å². The zero-order valence-corrected chi connectivity index (χ0v) is 9.94. The van der Waals surface area contributed by atoms with Crippen molar-refractivity contribution in [1.82, 2.24) is 9.97 Å². The van der Waals surface area contributed by atoms with E-state index in [0.29, 0.717) is 5.15 Å². The number of hydrogen-bond donors (Lipinski definition) is 0. The Kier molecular flexibility index (Phi) is 3.06. The van der Waals surface area contributed by atoms with Gasteiger partial charge in [0.1, 0.15) is 11.0 Å². The maximum absolute atomic E-state index is 5.99. The van der Waals surface area contributed by atoms with Gasteiger partial charge in [0, 0.05) is 32.1 Å². The summed E-state index contributed by atoms with van der Waals surface area (Å²) < 4.78 is 0. The Morgan fingerprint density at radius 3 is 2.62 bits per heavy atom. The van der Waals surface area contributed by atoms with Gasteiger partial charge < -0.3 is 4.90 Å². The van der Waals surface area contributed by atoms with Crippen molar-refractivity contribution in [3.05, 3.63) is 41.8 Å². The summed E-state index contributed by atoms with van der Waals surface area (Å²) in [7, 11) is 3.87. The van der Waals surface area contributed by atoms with Gasteiger partial charge in [0.05, 0.1) is 0 Å². The van der Waals surface area contributed by atoms with Crippen LogP contribution in [0.4, 0.5) is 5.82 Å². The van der Waals surface area contributed by atoms with Crippen LogP contribution in [-0.2, 0) is 0 Å². The molecule has 0 amide bonds. The smallest absolute Gasteiger partial charge is 0.132 e. The van der Waals surface area contributed by atoms with Gasteiger partial charge in [-0.05, 0) is 23.8 Å². The second-order valence-corrected chi connectivity index (χ2v) is 4.06. The molecule has 0 fully saturated rings. The summed E-state index contributed by atoms with van der Waals surface area (Å²) in [6, 6.07) is 7.73. The molecule has 0 atom stereocenters. The molecule has 2 aromatic rings. The first kappa shape index (κ1) is 10.9. The summed E-state index contributed by atoms with van der Waals surface area (Å²) >= 11 is 5.99. The fraction of sp³-hybridized carbons (Fsp3) is 0.167. The molecule has 0 unspecified atom stereocenters. The third kappa shape index (κ3) is 2.31. The van der Waals surface area contributed by atoms with E-state index in [-0.39, 0.29) is 0 Å². The highest BCUT2D eigenvalue weighted by Gasteiger charge is 2.04. The Hall–Kier alpha value is -1.61. The van der Waals surface area contributed by atoms with Crippen LogP contribution in [0.5, 0.6) is 0 Å². The predicted octanol–water partition coefficient (Wildman–Crippen LogP) is 2.86. The molecule has 0 aliphatic rings.